The summed E-state index contributed by atoms with van der Waals surface area (Å²) in [5.74, 6) is -0.981. The molecular formula is C20H27N6O4+. The van der Waals surface area contributed by atoms with Crippen LogP contribution in [0.2, 0.25) is 0 Å². The van der Waals surface area contributed by atoms with Gasteiger partial charge < -0.3 is 16.2 Å². The van der Waals surface area contributed by atoms with Crippen molar-refractivity contribution in [2.75, 3.05) is 13.1 Å². The molecule has 0 amide bonds. The zero-order valence-electron chi connectivity index (χ0n) is 17.1. The lowest BCUT2D eigenvalue weighted by Crippen LogP contribution is -2.44. The van der Waals surface area contributed by atoms with Crippen LogP contribution in [0.3, 0.4) is 0 Å². The molecule has 0 aliphatic carbocycles. The van der Waals surface area contributed by atoms with Crippen LogP contribution >= 0.6 is 0 Å². The number of nitrogens with zero attached hydrogens (tertiary/aromatic N) is 2. The van der Waals surface area contributed by atoms with E-state index in [1.165, 1.54) is 0 Å². The van der Waals surface area contributed by atoms with Crippen LogP contribution in [-0.2, 0) is 11.3 Å². The number of rotatable bonds is 9. The number of aromatic amines is 2. The molecule has 0 aliphatic heterocycles. The number of carboxylic acids is 1. The van der Waals surface area contributed by atoms with Gasteiger partial charge in [-0.2, -0.15) is 4.98 Å². The number of nitrogens with two attached hydrogens (primary N) is 1. The first-order valence-corrected chi connectivity index (χ1v) is 9.94. The maximum atomic E-state index is 12.3. The highest BCUT2D eigenvalue weighted by Gasteiger charge is 2.19. The number of hydrogen-bond donors (Lipinski definition) is 5. The number of benzene rings is 1. The summed E-state index contributed by atoms with van der Waals surface area (Å²) in [6, 6.07) is 3.12. The van der Waals surface area contributed by atoms with Gasteiger partial charge >= 0.3 is 17.3 Å². The zero-order chi connectivity index (χ0) is 21.8. The molecule has 6 N–H and O–H groups in total. The summed E-state index contributed by atoms with van der Waals surface area (Å²) in [6.45, 7) is 5.82. The van der Waals surface area contributed by atoms with Crippen molar-refractivity contribution in [3.05, 3.63) is 44.1 Å². The Bertz CT molecular complexity index is 1200. The van der Waals surface area contributed by atoms with Crippen molar-refractivity contribution in [3.8, 4) is 0 Å². The second-order valence-electron chi connectivity index (χ2n) is 7.48. The second-order valence-corrected chi connectivity index (χ2v) is 7.48. The molecule has 160 valence electrons. The minimum Gasteiger partial charge on any atom is -0.480 e. The molecule has 3 aromatic rings. The molecular weight excluding hydrogens is 388 g/mol. The van der Waals surface area contributed by atoms with Gasteiger partial charge in [-0.15, -0.1) is 0 Å². The lowest BCUT2D eigenvalue weighted by atomic mass is 10.1. The normalized spacial score (nSPS) is 12.5. The molecule has 2 aromatic heterocycles. The van der Waals surface area contributed by atoms with Crippen molar-refractivity contribution in [3.63, 3.8) is 0 Å². The summed E-state index contributed by atoms with van der Waals surface area (Å²) < 4.78 is 1.90. The fourth-order valence-corrected chi connectivity index (χ4v) is 3.39. The van der Waals surface area contributed by atoms with Crippen molar-refractivity contribution >= 4 is 28.2 Å². The van der Waals surface area contributed by atoms with Gasteiger partial charge in [-0.3, -0.25) is 14.6 Å². The number of aryl methyl sites for hydroxylation is 2. The molecule has 10 heteroatoms. The Balaban J connectivity index is 1.79. The Labute approximate surface area is 172 Å². The maximum Gasteiger partial charge on any atom is 0.413 e. The van der Waals surface area contributed by atoms with Gasteiger partial charge in [-0.25, -0.2) is 14.3 Å². The number of nitrogens with one attached hydrogen (secondary N) is 3. The highest BCUT2D eigenvalue weighted by atomic mass is 16.4. The molecule has 0 unspecified atom stereocenters. The first-order valence-electron chi connectivity index (χ1n) is 9.94. The van der Waals surface area contributed by atoms with E-state index in [4.69, 9.17) is 10.8 Å². The quantitative estimate of drug-likeness (QED) is 0.184. The molecule has 1 aromatic carbocycles. The first kappa shape index (κ1) is 21.6. The van der Waals surface area contributed by atoms with Crippen molar-refractivity contribution < 1.29 is 14.5 Å². The second kappa shape index (κ2) is 9.14. The Kier molecular flexibility index (Phi) is 6.58. The fraction of sp³-hybridized carbons (Fsp3) is 0.450. The minimum absolute atomic E-state index is 0.188. The molecule has 30 heavy (non-hydrogen) atoms. The molecule has 3 rings (SSSR count). The molecule has 0 bridgehead atoms. The molecule has 0 fully saturated rings. The van der Waals surface area contributed by atoms with Gasteiger partial charge in [0.05, 0.1) is 0 Å². The monoisotopic (exact) mass is 415 g/mol. The standard InChI is InChI=1S/C20H26N6O4/c1-11-9-14-15(10-12(11)2)26(17-16(23-14)18(27)25-20(30)24-17)8-7-22-6-4-3-5-13(21)19(28)29/h9-10,13,22H,3-8,21H2,1-2H3,(H2,25,27,28,29,30)/p+1/t13-/m0/s1. The Morgan fingerprint density at radius 3 is 2.67 bits per heavy atom. The predicted molar refractivity (Wildman–Crippen MR) is 112 cm³/mol. The third kappa shape index (κ3) is 4.71. The SMILES string of the molecule is Cc1cc2nc3c(=O)[nH]c(=O)[nH]c3[n+](CCNCCCC[C@H](N)C(=O)O)c2cc1C. The van der Waals surface area contributed by atoms with Gasteiger partial charge in [-0.1, -0.05) is 6.42 Å². The summed E-state index contributed by atoms with van der Waals surface area (Å²) in [4.78, 5) is 44.3. The van der Waals surface area contributed by atoms with Gasteiger partial charge in [0.2, 0.25) is 5.52 Å². The summed E-state index contributed by atoms with van der Waals surface area (Å²) >= 11 is 0. The molecule has 2 heterocycles. The molecule has 1 atom stereocenters. The maximum absolute atomic E-state index is 12.3. The third-order valence-electron chi connectivity index (χ3n) is 5.23. The summed E-state index contributed by atoms with van der Waals surface area (Å²) in [5, 5.41) is 12.1. The number of carboxylic acid groups (broad SMARTS) is 1. The van der Waals surface area contributed by atoms with E-state index in [1.54, 1.807) is 0 Å². The van der Waals surface area contributed by atoms with Crippen LogP contribution in [0.1, 0.15) is 30.4 Å². The van der Waals surface area contributed by atoms with Crippen LogP contribution in [0.15, 0.2) is 21.7 Å². The van der Waals surface area contributed by atoms with E-state index < -0.39 is 23.3 Å². The smallest absolute Gasteiger partial charge is 0.413 e. The Morgan fingerprint density at radius 2 is 1.93 bits per heavy atom. The number of fused-ring (bicyclic) bond motifs is 2. The fourth-order valence-electron chi connectivity index (χ4n) is 3.39. The minimum atomic E-state index is -0.981. The summed E-state index contributed by atoms with van der Waals surface area (Å²) in [6.07, 6.45) is 1.96. The molecule has 0 spiro atoms. The summed E-state index contributed by atoms with van der Waals surface area (Å²) in [5.41, 5.74) is 8.65. The zero-order valence-corrected chi connectivity index (χ0v) is 17.1. The molecule has 0 saturated heterocycles. The van der Waals surface area contributed by atoms with E-state index >= 15 is 0 Å². The van der Waals surface area contributed by atoms with Crippen LogP contribution in [-0.4, -0.2) is 45.2 Å². The average Bonchev–Trinajstić information content (AvgIpc) is 2.68. The van der Waals surface area contributed by atoms with Gasteiger partial charge in [0.1, 0.15) is 18.1 Å². The average molecular weight is 415 g/mol. The van der Waals surface area contributed by atoms with Crippen molar-refractivity contribution in [1.82, 2.24) is 20.3 Å². The highest BCUT2D eigenvalue weighted by molar-refractivity contribution is 5.80. The predicted octanol–water partition coefficient (Wildman–Crippen LogP) is -0.159. The number of aromatic nitrogens is 4. The van der Waals surface area contributed by atoms with Crippen LogP contribution in [0.5, 0.6) is 0 Å². The lowest BCUT2D eigenvalue weighted by Gasteiger charge is -2.10. The number of hydrogen-bond acceptors (Lipinski definition) is 6. The first-order chi connectivity index (χ1) is 14.3. The largest absolute Gasteiger partial charge is 0.480 e. The van der Waals surface area contributed by atoms with Crippen LogP contribution in [0.4, 0.5) is 0 Å². The van der Waals surface area contributed by atoms with E-state index in [2.05, 4.69) is 20.3 Å². The Morgan fingerprint density at radius 1 is 1.20 bits per heavy atom. The van der Waals surface area contributed by atoms with E-state index in [9.17, 15) is 14.4 Å². The van der Waals surface area contributed by atoms with Gasteiger partial charge in [-0.05, 0) is 56.5 Å². The number of H-pyrrole nitrogens is 2. The number of aliphatic carboxylic acids is 1. The van der Waals surface area contributed by atoms with Gasteiger partial charge in [0, 0.05) is 6.54 Å². The van der Waals surface area contributed by atoms with Crippen LogP contribution in [0, 0.1) is 13.8 Å². The molecule has 0 saturated carbocycles. The van der Waals surface area contributed by atoms with Gasteiger partial charge in [0.25, 0.3) is 5.56 Å². The third-order valence-corrected chi connectivity index (χ3v) is 5.23. The van der Waals surface area contributed by atoms with Crippen LogP contribution < -0.4 is 26.9 Å². The molecule has 10 nitrogen and oxygen atoms in total. The van der Waals surface area contributed by atoms with Crippen molar-refractivity contribution in [1.29, 1.82) is 0 Å². The van der Waals surface area contributed by atoms with Crippen molar-refractivity contribution in [2.45, 2.75) is 45.7 Å². The number of unbranched alkanes of at least 4 members (excludes halogenated alkanes) is 1. The topological polar surface area (TPSA) is 158 Å². The number of carbonyl (C=O) groups is 1. The van der Waals surface area contributed by atoms with Gasteiger partial charge in [0.15, 0.2) is 5.52 Å². The molecule has 0 radical (unpaired) electrons. The Hall–Kier alpha value is -3.11. The van der Waals surface area contributed by atoms with E-state index in [-0.39, 0.29) is 5.52 Å². The van der Waals surface area contributed by atoms with E-state index in [0.717, 1.165) is 29.5 Å². The highest BCUT2D eigenvalue weighted by Crippen LogP contribution is 2.16. The van der Waals surface area contributed by atoms with E-state index in [1.807, 2.05) is 30.5 Å². The van der Waals surface area contributed by atoms with E-state index in [0.29, 0.717) is 37.2 Å². The van der Waals surface area contributed by atoms with Crippen LogP contribution in [0.25, 0.3) is 22.2 Å². The lowest BCUT2D eigenvalue weighted by molar-refractivity contribution is -0.645. The summed E-state index contributed by atoms with van der Waals surface area (Å²) in [7, 11) is 0. The van der Waals surface area contributed by atoms with Crippen molar-refractivity contribution in [2.24, 2.45) is 5.73 Å². The molecule has 0 aliphatic rings.